The normalized spacial score (nSPS) is 11.8. The van der Waals surface area contributed by atoms with E-state index in [1.807, 2.05) is 6.07 Å². The van der Waals surface area contributed by atoms with Crippen molar-refractivity contribution in [2.24, 2.45) is 5.73 Å². The van der Waals surface area contributed by atoms with Crippen LogP contribution in [0.25, 0.3) is 0 Å². The lowest BCUT2D eigenvalue weighted by molar-refractivity contribution is -0.127. The molecule has 0 heterocycles. The molecular formula is C17H15BrF2N2O2. The molecule has 0 fully saturated rings. The lowest BCUT2D eigenvalue weighted by atomic mass is 10.0. The first-order valence-corrected chi connectivity index (χ1v) is 7.92. The van der Waals surface area contributed by atoms with Crippen LogP contribution in [-0.4, -0.2) is 17.9 Å². The topological polar surface area (TPSA) is 72.2 Å². The van der Waals surface area contributed by atoms with Gasteiger partial charge in [0.15, 0.2) is 0 Å². The molecule has 0 spiro atoms. The van der Waals surface area contributed by atoms with Crippen molar-refractivity contribution in [1.29, 1.82) is 0 Å². The van der Waals surface area contributed by atoms with E-state index in [1.54, 1.807) is 18.2 Å². The second kappa shape index (κ2) is 8.01. The van der Waals surface area contributed by atoms with Crippen molar-refractivity contribution < 1.29 is 18.4 Å². The Hall–Kier alpha value is -2.28. The van der Waals surface area contributed by atoms with E-state index >= 15 is 0 Å². The van der Waals surface area contributed by atoms with Crippen LogP contribution in [0.3, 0.4) is 0 Å². The zero-order valence-corrected chi connectivity index (χ0v) is 14.1. The summed E-state index contributed by atoms with van der Waals surface area (Å²) in [6, 6.07) is 9.56. The molecular weight excluding hydrogens is 382 g/mol. The Kier molecular flexibility index (Phi) is 6.03. The van der Waals surface area contributed by atoms with Gasteiger partial charge in [-0.05, 0) is 29.8 Å². The molecule has 3 N–H and O–H groups in total. The Morgan fingerprint density at radius 3 is 2.33 bits per heavy atom. The number of benzene rings is 2. The second-order valence-corrected chi connectivity index (χ2v) is 6.15. The molecule has 1 atom stereocenters. The number of amides is 2. The number of nitrogens with one attached hydrogen (secondary N) is 1. The number of carbonyl (C=O) groups is 2. The van der Waals surface area contributed by atoms with Gasteiger partial charge in [0, 0.05) is 16.5 Å². The van der Waals surface area contributed by atoms with Gasteiger partial charge in [0.1, 0.15) is 17.7 Å². The average Bonchev–Trinajstić information content (AvgIpc) is 2.50. The zero-order valence-electron chi connectivity index (χ0n) is 12.6. The highest BCUT2D eigenvalue weighted by atomic mass is 79.9. The van der Waals surface area contributed by atoms with Crippen LogP contribution in [0.15, 0.2) is 46.9 Å². The van der Waals surface area contributed by atoms with Crippen molar-refractivity contribution in [3.05, 3.63) is 69.7 Å². The van der Waals surface area contributed by atoms with Gasteiger partial charge in [-0.1, -0.05) is 34.1 Å². The Balaban J connectivity index is 2.07. The van der Waals surface area contributed by atoms with Crippen LogP contribution < -0.4 is 11.1 Å². The smallest absolute Gasteiger partial charge is 0.240 e. The summed E-state index contributed by atoms with van der Waals surface area (Å²) in [6.45, 7) is 0. The lowest BCUT2D eigenvalue weighted by Gasteiger charge is -2.16. The summed E-state index contributed by atoms with van der Waals surface area (Å²) in [6.07, 6.45) is -0.332. The van der Waals surface area contributed by atoms with Gasteiger partial charge in [-0.25, -0.2) is 8.78 Å². The maximum Gasteiger partial charge on any atom is 0.240 e. The molecule has 0 bridgehead atoms. The van der Waals surface area contributed by atoms with Gasteiger partial charge >= 0.3 is 0 Å². The minimum absolute atomic E-state index is 0.181. The molecule has 4 nitrogen and oxygen atoms in total. The molecule has 126 valence electrons. The Labute approximate surface area is 146 Å². The summed E-state index contributed by atoms with van der Waals surface area (Å²) in [5, 5.41) is 2.43. The van der Waals surface area contributed by atoms with Crippen LogP contribution in [0.4, 0.5) is 8.78 Å². The summed E-state index contributed by atoms with van der Waals surface area (Å²) in [5.74, 6) is -3.03. The minimum Gasteiger partial charge on any atom is -0.368 e. The molecule has 0 aliphatic heterocycles. The number of halogens is 3. The van der Waals surface area contributed by atoms with Gasteiger partial charge in [-0.15, -0.1) is 0 Å². The first kappa shape index (κ1) is 18.1. The molecule has 2 amide bonds. The lowest BCUT2D eigenvalue weighted by Crippen LogP contribution is -2.46. The minimum atomic E-state index is -0.971. The van der Waals surface area contributed by atoms with E-state index in [0.717, 1.165) is 22.2 Å². The fourth-order valence-corrected chi connectivity index (χ4v) is 2.68. The van der Waals surface area contributed by atoms with Gasteiger partial charge in [-0.3, -0.25) is 9.59 Å². The molecule has 7 heteroatoms. The van der Waals surface area contributed by atoms with Crippen molar-refractivity contribution in [3.8, 4) is 0 Å². The Morgan fingerprint density at radius 2 is 1.75 bits per heavy atom. The molecule has 24 heavy (non-hydrogen) atoms. The van der Waals surface area contributed by atoms with E-state index in [1.165, 1.54) is 6.07 Å². The number of hydrogen-bond acceptors (Lipinski definition) is 2. The number of rotatable bonds is 6. The third-order valence-corrected chi connectivity index (χ3v) is 3.90. The highest BCUT2D eigenvalue weighted by Crippen LogP contribution is 2.14. The molecule has 2 aromatic carbocycles. The van der Waals surface area contributed by atoms with E-state index in [4.69, 9.17) is 5.73 Å². The molecule has 0 unspecified atom stereocenters. The third kappa shape index (κ3) is 4.86. The van der Waals surface area contributed by atoms with Gasteiger partial charge in [-0.2, -0.15) is 0 Å². The van der Waals surface area contributed by atoms with Gasteiger partial charge in [0.25, 0.3) is 0 Å². The predicted octanol–water partition coefficient (Wildman–Crippen LogP) is 2.48. The molecule has 0 aromatic heterocycles. The number of nitrogens with two attached hydrogens (primary N) is 1. The highest BCUT2D eigenvalue weighted by Gasteiger charge is 2.20. The summed E-state index contributed by atoms with van der Waals surface area (Å²) in [4.78, 5) is 23.6. The first-order valence-electron chi connectivity index (χ1n) is 7.13. The molecule has 2 aromatic rings. The van der Waals surface area contributed by atoms with Crippen LogP contribution in [0.2, 0.25) is 0 Å². The van der Waals surface area contributed by atoms with Crippen molar-refractivity contribution in [1.82, 2.24) is 5.32 Å². The van der Waals surface area contributed by atoms with Crippen LogP contribution in [0, 0.1) is 11.6 Å². The summed E-state index contributed by atoms with van der Waals surface area (Å²) >= 11 is 3.31. The summed E-state index contributed by atoms with van der Waals surface area (Å²) in [5.41, 5.74) is 5.75. The monoisotopic (exact) mass is 396 g/mol. The van der Waals surface area contributed by atoms with E-state index in [2.05, 4.69) is 21.2 Å². The molecule has 0 aliphatic rings. The molecule has 0 saturated heterocycles. The van der Waals surface area contributed by atoms with Gasteiger partial charge < -0.3 is 11.1 Å². The SMILES string of the molecule is NC(=O)[C@H](Cc1cccc(Br)c1)NC(=O)Cc1c(F)cccc1F. The Morgan fingerprint density at radius 1 is 1.12 bits per heavy atom. The van der Waals surface area contributed by atoms with Crippen LogP contribution in [-0.2, 0) is 22.4 Å². The van der Waals surface area contributed by atoms with Gasteiger partial charge in [0.2, 0.25) is 11.8 Å². The van der Waals surface area contributed by atoms with Crippen LogP contribution in [0.1, 0.15) is 11.1 Å². The van der Waals surface area contributed by atoms with E-state index in [-0.39, 0.29) is 12.0 Å². The number of primary amides is 1. The Bertz CT molecular complexity index is 748. The number of hydrogen-bond donors (Lipinski definition) is 2. The third-order valence-electron chi connectivity index (χ3n) is 3.41. The fraction of sp³-hybridized carbons (Fsp3) is 0.176. The second-order valence-electron chi connectivity index (χ2n) is 5.23. The fourth-order valence-electron chi connectivity index (χ4n) is 2.23. The quantitative estimate of drug-likeness (QED) is 0.786. The maximum atomic E-state index is 13.6. The highest BCUT2D eigenvalue weighted by molar-refractivity contribution is 9.10. The summed E-state index contributed by atoms with van der Waals surface area (Å²) in [7, 11) is 0. The van der Waals surface area contributed by atoms with Crippen molar-refractivity contribution >= 4 is 27.7 Å². The molecule has 2 rings (SSSR count). The molecule has 0 aliphatic carbocycles. The predicted molar refractivity (Wildman–Crippen MR) is 89.0 cm³/mol. The van der Waals surface area contributed by atoms with E-state index in [9.17, 15) is 18.4 Å². The standard InChI is InChI=1S/C17H15BrF2N2O2/c18-11-4-1-3-10(7-11)8-15(17(21)24)22-16(23)9-12-13(19)5-2-6-14(12)20/h1-7,15H,8-9H2,(H2,21,24)(H,22,23)/t15-/m0/s1. The number of carbonyl (C=O) groups excluding carboxylic acids is 2. The summed E-state index contributed by atoms with van der Waals surface area (Å²) < 4.78 is 28.0. The first-order chi connectivity index (χ1) is 11.4. The largest absolute Gasteiger partial charge is 0.368 e. The van der Waals surface area contributed by atoms with Crippen molar-refractivity contribution in [2.75, 3.05) is 0 Å². The molecule has 0 saturated carbocycles. The molecule has 0 radical (unpaired) electrons. The van der Waals surface area contributed by atoms with E-state index < -0.39 is 35.9 Å². The van der Waals surface area contributed by atoms with Crippen molar-refractivity contribution in [2.45, 2.75) is 18.9 Å². The average molecular weight is 397 g/mol. The maximum absolute atomic E-state index is 13.6. The van der Waals surface area contributed by atoms with Crippen LogP contribution in [0.5, 0.6) is 0 Å². The van der Waals surface area contributed by atoms with Crippen molar-refractivity contribution in [3.63, 3.8) is 0 Å². The van der Waals surface area contributed by atoms with E-state index in [0.29, 0.717) is 0 Å². The zero-order chi connectivity index (χ0) is 17.7. The van der Waals surface area contributed by atoms with Crippen LogP contribution >= 0.6 is 15.9 Å². The van der Waals surface area contributed by atoms with Gasteiger partial charge in [0.05, 0.1) is 6.42 Å².